The topological polar surface area (TPSA) is 57.2 Å². The molecule has 0 atom stereocenters. The maximum Gasteiger partial charge on any atom is 0.249 e. The SMILES string of the molecule is CCOc1cccc(Cn2c3cccc(C(N)=O)c3c3cccc(F)c32)c1. The van der Waals surface area contributed by atoms with Gasteiger partial charge in [-0.2, -0.15) is 0 Å². The number of nitrogens with zero attached hydrogens (tertiary/aromatic N) is 1. The molecule has 2 N–H and O–H groups in total. The summed E-state index contributed by atoms with van der Waals surface area (Å²) in [4.78, 5) is 11.9. The van der Waals surface area contributed by atoms with Gasteiger partial charge < -0.3 is 15.0 Å². The number of hydrogen-bond donors (Lipinski definition) is 1. The van der Waals surface area contributed by atoms with Gasteiger partial charge in [0.2, 0.25) is 5.91 Å². The first-order valence-electron chi connectivity index (χ1n) is 8.81. The van der Waals surface area contributed by atoms with Gasteiger partial charge >= 0.3 is 0 Å². The van der Waals surface area contributed by atoms with Crippen LogP contribution >= 0.6 is 0 Å². The Labute approximate surface area is 156 Å². The van der Waals surface area contributed by atoms with Crippen LogP contribution in [0.4, 0.5) is 4.39 Å². The van der Waals surface area contributed by atoms with E-state index in [1.807, 2.05) is 47.9 Å². The predicted octanol–water partition coefficient (Wildman–Crippen LogP) is 4.48. The molecule has 0 radical (unpaired) electrons. The summed E-state index contributed by atoms with van der Waals surface area (Å²) in [5.74, 6) is -0.0867. The number of nitrogens with two attached hydrogens (primary N) is 1. The molecule has 4 nitrogen and oxygen atoms in total. The van der Waals surface area contributed by atoms with E-state index in [0.717, 1.165) is 16.8 Å². The van der Waals surface area contributed by atoms with E-state index in [1.54, 1.807) is 18.2 Å². The molecule has 1 amide bonds. The van der Waals surface area contributed by atoms with Gasteiger partial charge in [0.1, 0.15) is 11.6 Å². The lowest BCUT2D eigenvalue weighted by molar-refractivity contribution is 0.100. The average Bonchev–Trinajstić information content (AvgIpc) is 2.97. The molecule has 0 fully saturated rings. The normalized spacial score (nSPS) is 11.2. The number of hydrogen-bond acceptors (Lipinski definition) is 2. The predicted molar refractivity (Wildman–Crippen MR) is 105 cm³/mol. The molecule has 3 aromatic carbocycles. The first kappa shape index (κ1) is 17.1. The summed E-state index contributed by atoms with van der Waals surface area (Å²) in [7, 11) is 0. The summed E-state index contributed by atoms with van der Waals surface area (Å²) in [5, 5.41) is 1.36. The van der Waals surface area contributed by atoms with Gasteiger partial charge in [-0.15, -0.1) is 0 Å². The van der Waals surface area contributed by atoms with E-state index < -0.39 is 5.91 Å². The van der Waals surface area contributed by atoms with Crippen LogP contribution < -0.4 is 10.5 Å². The maximum absolute atomic E-state index is 14.8. The third kappa shape index (κ3) is 2.91. The summed E-state index contributed by atoms with van der Waals surface area (Å²) in [6, 6.07) is 17.9. The summed E-state index contributed by atoms with van der Waals surface area (Å²) in [5.41, 5.74) is 8.17. The zero-order chi connectivity index (χ0) is 19.0. The lowest BCUT2D eigenvalue weighted by Gasteiger charge is -2.10. The van der Waals surface area contributed by atoms with Crippen LogP contribution in [0, 0.1) is 5.82 Å². The summed E-state index contributed by atoms with van der Waals surface area (Å²) in [6.45, 7) is 2.96. The van der Waals surface area contributed by atoms with E-state index in [4.69, 9.17) is 10.5 Å². The Kier molecular flexibility index (Phi) is 4.28. The Bertz CT molecular complexity index is 1160. The second kappa shape index (κ2) is 6.76. The van der Waals surface area contributed by atoms with Crippen molar-refractivity contribution in [3.8, 4) is 5.75 Å². The molecule has 5 heteroatoms. The van der Waals surface area contributed by atoms with Crippen LogP contribution in [0.1, 0.15) is 22.8 Å². The highest BCUT2D eigenvalue weighted by Crippen LogP contribution is 2.33. The average molecular weight is 362 g/mol. The Morgan fingerprint density at radius 3 is 2.67 bits per heavy atom. The van der Waals surface area contributed by atoms with Crippen LogP contribution in [0.2, 0.25) is 0 Å². The minimum atomic E-state index is -0.526. The van der Waals surface area contributed by atoms with E-state index in [-0.39, 0.29) is 5.82 Å². The van der Waals surface area contributed by atoms with Crippen molar-refractivity contribution in [1.82, 2.24) is 4.57 Å². The minimum absolute atomic E-state index is 0.333. The molecule has 0 unspecified atom stereocenters. The molecule has 1 heterocycles. The number of ether oxygens (including phenoxy) is 1. The van der Waals surface area contributed by atoms with E-state index in [2.05, 4.69) is 0 Å². The van der Waals surface area contributed by atoms with Crippen molar-refractivity contribution >= 4 is 27.7 Å². The fourth-order valence-corrected chi connectivity index (χ4v) is 3.61. The van der Waals surface area contributed by atoms with E-state index in [0.29, 0.717) is 35.0 Å². The van der Waals surface area contributed by atoms with Crippen LogP contribution in [0.3, 0.4) is 0 Å². The van der Waals surface area contributed by atoms with Gasteiger partial charge in [-0.3, -0.25) is 4.79 Å². The molecular weight excluding hydrogens is 343 g/mol. The van der Waals surface area contributed by atoms with E-state index in [1.165, 1.54) is 6.07 Å². The third-order valence-electron chi connectivity index (χ3n) is 4.67. The van der Waals surface area contributed by atoms with E-state index >= 15 is 0 Å². The Morgan fingerprint density at radius 1 is 1.11 bits per heavy atom. The number of fused-ring (bicyclic) bond motifs is 3. The molecule has 0 saturated heterocycles. The van der Waals surface area contributed by atoms with Crippen molar-refractivity contribution in [3.63, 3.8) is 0 Å². The van der Waals surface area contributed by atoms with E-state index in [9.17, 15) is 9.18 Å². The molecular formula is C22H19FN2O2. The molecule has 4 rings (SSSR count). The Hall–Kier alpha value is -3.34. The Balaban J connectivity index is 1.98. The first-order valence-corrected chi connectivity index (χ1v) is 8.81. The van der Waals surface area contributed by atoms with Crippen molar-refractivity contribution in [2.24, 2.45) is 5.73 Å². The van der Waals surface area contributed by atoms with Gasteiger partial charge in [0.15, 0.2) is 0 Å². The fourth-order valence-electron chi connectivity index (χ4n) is 3.61. The number of para-hydroxylation sites is 1. The largest absolute Gasteiger partial charge is 0.494 e. The molecule has 0 bridgehead atoms. The number of amides is 1. The first-order chi connectivity index (χ1) is 13.1. The van der Waals surface area contributed by atoms with Crippen LogP contribution in [0.15, 0.2) is 60.7 Å². The smallest absolute Gasteiger partial charge is 0.249 e. The molecule has 136 valence electrons. The number of carbonyl (C=O) groups is 1. The van der Waals surface area contributed by atoms with Gasteiger partial charge in [-0.1, -0.05) is 30.3 Å². The molecule has 0 saturated carbocycles. The lowest BCUT2D eigenvalue weighted by atomic mass is 10.1. The molecule has 1 aromatic heterocycles. The third-order valence-corrected chi connectivity index (χ3v) is 4.67. The van der Waals surface area contributed by atoms with Crippen molar-refractivity contribution in [2.45, 2.75) is 13.5 Å². The van der Waals surface area contributed by atoms with Gasteiger partial charge in [0.05, 0.1) is 17.6 Å². The zero-order valence-corrected chi connectivity index (χ0v) is 14.9. The summed E-state index contributed by atoms with van der Waals surface area (Å²) < 4.78 is 22.2. The number of primary amides is 1. The maximum atomic E-state index is 14.8. The van der Waals surface area contributed by atoms with Crippen molar-refractivity contribution in [2.75, 3.05) is 6.61 Å². The highest BCUT2D eigenvalue weighted by molar-refractivity contribution is 6.17. The number of halogens is 1. The highest BCUT2D eigenvalue weighted by Gasteiger charge is 2.18. The van der Waals surface area contributed by atoms with Crippen LogP contribution in [-0.4, -0.2) is 17.1 Å². The summed E-state index contributed by atoms with van der Waals surface area (Å²) in [6.07, 6.45) is 0. The molecule has 0 aliphatic carbocycles. The molecule has 27 heavy (non-hydrogen) atoms. The van der Waals surface area contributed by atoms with Crippen molar-refractivity contribution < 1.29 is 13.9 Å². The van der Waals surface area contributed by atoms with Gasteiger partial charge in [0.25, 0.3) is 0 Å². The Morgan fingerprint density at radius 2 is 1.89 bits per heavy atom. The summed E-state index contributed by atoms with van der Waals surface area (Å²) >= 11 is 0. The second-order valence-electron chi connectivity index (χ2n) is 6.37. The minimum Gasteiger partial charge on any atom is -0.494 e. The van der Waals surface area contributed by atoms with Crippen molar-refractivity contribution in [1.29, 1.82) is 0 Å². The van der Waals surface area contributed by atoms with Crippen LogP contribution in [0.5, 0.6) is 5.75 Å². The monoisotopic (exact) mass is 362 g/mol. The lowest BCUT2D eigenvalue weighted by Crippen LogP contribution is -2.11. The second-order valence-corrected chi connectivity index (χ2v) is 6.37. The van der Waals surface area contributed by atoms with Gasteiger partial charge in [0, 0.05) is 22.9 Å². The standard InChI is InChI=1S/C22H19FN2O2/c1-2-27-15-7-3-6-14(12-15)13-25-19-11-5-9-17(22(24)26)20(19)16-8-4-10-18(23)21(16)25/h3-12H,2,13H2,1H3,(H2,24,26). The van der Waals surface area contributed by atoms with Gasteiger partial charge in [-0.05, 0) is 42.8 Å². The fraction of sp³-hybridized carbons (Fsp3) is 0.136. The highest BCUT2D eigenvalue weighted by atomic mass is 19.1. The quantitative estimate of drug-likeness (QED) is 0.569. The molecule has 0 spiro atoms. The number of carbonyl (C=O) groups excluding carboxylic acids is 1. The van der Waals surface area contributed by atoms with Crippen molar-refractivity contribution in [3.05, 3.63) is 77.6 Å². The van der Waals surface area contributed by atoms with Crippen LogP contribution in [-0.2, 0) is 6.54 Å². The molecule has 0 aliphatic heterocycles. The van der Waals surface area contributed by atoms with Crippen LogP contribution in [0.25, 0.3) is 21.8 Å². The number of rotatable bonds is 5. The number of benzene rings is 3. The van der Waals surface area contributed by atoms with Gasteiger partial charge in [-0.25, -0.2) is 4.39 Å². The molecule has 4 aromatic rings. The number of aromatic nitrogens is 1. The molecule has 0 aliphatic rings. The zero-order valence-electron chi connectivity index (χ0n) is 14.9.